The molecule has 1 unspecified atom stereocenters. The van der Waals surface area contributed by atoms with Crippen molar-refractivity contribution in [3.05, 3.63) is 42.0 Å². The Bertz CT molecular complexity index is 332. The van der Waals surface area contributed by atoms with E-state index in [-0.39, 0.29) is 0 Å². The van der Waals surface area contributed by atoms with Crippen LogP contribution in [0.3, 0.4) is 0 Å². The van der Waals surface area contributed by atoms with Gasteiger partial charge in [-0.3, -0.25) is 0 Å². The monoisotopic (exact) mass is 264 g/mol. The molecule has 0 spiro atoms. The van der Waals surface area contributed by atoms with E-state index >= 15 is 0 Å². The highest BCUT2D eigenvalue weighted by Gasteiger charge is 2.14. The van der Waals surface area contributed by atoms with Crippen LogP contribution in [-0.4, -0.2) is 22.5 Å². The molecular weight excluding hydrogens is 240 g/mol. The van der Waals surface area contributed by atoms with Crippen molar-refractivity contribution in [1.82, 2.24) is 0 Å². The first-order valence-corrected chi connectivity index (χ1v) is 8.48. The molecule has 0 N–H and O–H groups in total. The summed E-state index contributed by atoms with van der Waals surface area (Å²) in [5.74, 6) is 0.500. The molecule has 1 rings (SSSR count). The summed E-state index contributed by atoms with van der Waals surface area (Å²) in [7, 11) is -1.47. The van der Waals surface area contributed by atoms with Gasteiger partial charge in [0.2, 0.25) is 0 Å². The topological polar surface area (TPSA) is 18.5 Å². The maximum Gasteiger partial charge on any atom is 0.321 e. The maximum atomic E-state index is 5.69. The van der Waals surface area contributed by atoms with Gasteiger partial charge in [0.1, 0.15) is 0 Å². The van der Waals surface area contributed by atoms with Gasteiger partial charge in [0, 0.05) is 13.2 Å². The van der Waals surface area contributed by atoms with Crippen LogP contribution in [0.5, 0.6) is 0 Å². The van der Waals surface area contributed by atoms with Crippen LogP contribution < -0.4 is 0 Å². The summed E-state index contributed by atoms with van der Waals surface area (Å²) in [6, 6.07) is 11.4. The molecule has 0 amide bonds. The number of hydrogen-bond acceptors (Lipinski definition) is 2. The molecule has 0 radical (unpaired) electrons. The first kappa shape index (κ1) is 15.2. The minimum atomic E-state index is -1.47. The van der Waals surface area contributed by atoms with E-state index in [0.29, 0.717) is 5.92 Å². The van der Waals surface area contributed by atoms with Crippen LogP contribution in [0.2, 0.25) is 6.04 Å². The zero-order valence-corrected chi connectivity index (χ0v) is 12.8. The highest BCUT2D eigenvalue weighted by atomic mass is 28.3. The third kappa shape index (κ3) is 6.14. The van der Waals surface area contributed by atoms with Crippen LogP contribution in [0.25, 0.3) is 6.08 Å². The molecular formula is C15H24O2Si. The summed E-state index contributed by atoms with van der Waals surface area (Å²) in [6.45, 7) is 7.79. The van der Waals surface area contributed by atoms with E-state index in [1.807, 2.05) is 19.9 Å². The van der Waals surface area contributed by atoms with Crippen molar-refractivity contribution in [2.24, 2.45) is 5.92 Å². The fourth-order valence-electron chi connectivity index (χ4n) is 1.78. The van der Waals surface area contributed by atoms with Crippen molar-refractivity contribution < 1.29 is 8.85 Å². The summed E-state index contributed by atoms with van der Waals surface area (Å²) in [5.41, 5.74) is 1.25. The predicted octanol–water partition coefficient (Wildman–Crippen LogP) is 3.63. The number of rotatable bonds is 8. The molecule has 100 valence electrons. The van der Waals surface area contributed by atoms with Gasteiger partial charge in [-0.05, 0) is 31.4 Å². The standard InChI is InChI=1S/C15H24O2Si/c1-4-16-18(17-5-2)13-14(3)11-12-15-9-7-6-8-10-15/h6-12,14,18H,4-5,13H2,1-3H3. The molecule has 1 aromatic carbocycles. The third-order valence-electron chi connectivity index (χ3n) is 2.69. The van der Waals surface area contributed by atoms with E-state index in [9.17, 15) is 0 Å². The number of benzene rings is 1. The Morgan fingerprint density at radius 2 is 1.72 bits per heavy atom. The molecule has 1 atom stereocenters. The number of hydrogen-bond donors (Lipinski definition) is 0. The lowest BCUT2D eigenvalue weighted by Crippen LogP contribution is -2.24. The Morgan fingerprint density at radius 3 is 2.28 bits per heavy atom. The van der Waals surface area contributed by atoms with Gasteiger partial charge in [0.15, 0.2) is 0 Å². The molecule has 0 aliphatic heterocycles. The molecule has 0 aromatic heterocycles. The Kier molecular flexibility index (Phi) is 7.65. The molecule has 0 saturated carbocycles. The zero-order valence-electron chi connectivity index (χ0n) is 11.6. The normalized spacial score (nSPS) is 13.3. The van der Waals surface area contributed by atoms with E-state index in [4.69, 9.17) is 8.85 Å². The van der Waals surface area contributed by atoms with E-state index < -0.39 is 9.28 Å². The molecule has 0 bridgehead atoms. The van der Waals surface area contributed by atoms with Gasteiger partial charge in [0.05, 0.1) is 0 Å². The Hall–Kier alpha value is -0.903. The molecule has 0 heterocycles. The first-order valence-electron chi connectivity index (χ1n) is 6.72. The Morgan fingerprint density at radius 1 is 1.11 bits per heavy atom. The molecule has 18 heavy (non-hydrogen) atoms. The average molecular weight is 264 g/mol. The molecule has 0 aliphatic carbocycles. The molecule has 1 aromatic rings. The van der Waals surface area contributed by atoms with Crippen LogP contribution in [0, 0.1) is 5.92 Å². The van der Waals surface area contributed by atoms with Crippen molar-refractivity contribution in [1.29, 1.82) is 0 Å². The minimum Gasteiger partial charge on any atom is -0.397 e. The fourth-order valence-corrected chi connectivity index (χ4v) is 3.65. The van der Waals surface area contributed by atoms with Gasteiger partial charge < -0.3 is 8.85 Å². The minimum absolute atomic E-state index is 0.500. The van der Waals surface area contributed by atoms with E-state index in [2.05, 4.69) is 43.3 Å². The highest BCUT2D eigenvalue weighted by molar-refractivity contribution is 6.44. The lowest BCUT2D eigenvalue weighted by molar-refractivity contribution is 0.211. The smallest absolute Gasteiger partial charge is 0.321 e. The van der Waals surface area contributed by atoms with Crippen molar-refractivity contribution >= 4 is 15.4 Å². The quantitative estimate of drug-likeness (QED) is 0.668. The Labute approximate surface area is 112 Å². The Balaban J connectivity index is 2.44. The van der Waals surface area contributed by atoms with Crippen molar-refractivity contribution in [2.45, 2.75) is 26.8 Å². The summed E-state index contributed by atoms with van der Waals surface area (Å²) >= 11 is 0. The van der Waals surface area contributed by atoms with E-state index in [0.717, 1.165) is 19.3 Å². The van der Waals surface area contributed by atoms with Crippen molar-refractivity contribution in [3.8, 4) is 0 Å². The molecule has 2 nitrogen and oxygen atoms in total. The van der Waals surface area contributed by atoms with Crippen LogP contribution in [0.4, 0.5) is 0 Å². The second-order valence-electron chi connectivity index (χ2n) is 4.32. The second kappa shape index (κ2) is 9.08. The maximum absolute atomic E-state index is 5.69. The average Bonchev–Trinajstić information content (AvgIpc) is 2.38. The van der Waals surface area contributed by atoms with E-state index in [1.165, 1.54) is 5.56 Å². The van der Waals surface area contributed by atoms with Crippen LogP contribution in [0.1, 0.15) is 26.3 Å². The van der Waals surface area contributed by atoms with Crippen molar-refractivity contribution in [2.75, 3.05) is 13.2 Å². The molecule has 0 fully saturated rings. The van der Waals surface area contributed by atoms with Gasteiger partial charge in [-0.1, -0.05) is 49.4 Å². The van der Waals surface area contributed by atoms with Crippen LogP contribution in [0.15, 0.2) is 36.4 Å². The zero-order chi connectivity index (χ0) is 13.2. The molecule has 0 aliphatic rings. The number of allylic oxidation sites excluding steroid dienone is 1. The third-order valence-corrected chi connectivity index (χ3v) is 5.22. The van der Waals surface area contributed by atoms with Crippen molar-refractivity contribution in [3.63, 3.8) is 0 Å². The van der Waals surface area contributed by atoms with Gasteiger partial charge in [0.25, 0.3) is 0 Å². The summed E-state index contributed by atoms with van der Waals surface area (Å²) in [4.78, 5) is 0. The molecule has 0 saturated heterocycles. The lowest BCUT2D eigenvalue weighted by Gasteiger charge is -2.16. The highest BCUT2D eigenvalue weighted by Crippen LogP contribution is 2.13. The largest absolute Gasteiger partial charge is 0.397 e. The first-order chi connectivity index (χ1) is 8.76. The van der Waals surface area contributed by atoms with E-state index in [1.54, 1.807) is 0 Å². The SMILES string of the molecule is CCO[SiH](CC(C)C=Cc1ccccc1)OCC. The molecule has 3 heteroatoms. The van der Waals surface area contributed by atoms with Crippen LogP contribution in [-0.2, 0) is 8.85 Å². The second-order valence-corrected chi connectivity index (χ2v) is 6.32. The van der Waals surface area contributed by atoms with Gasteiger partial charge in [-0.25, -0.2) is 0 Å². The van der Waals surface area contributed by atoms with Crippen LogP contribution >= 0.6 is 0 Å². The van der Waals surface area contributed by atoms with Gasteiger partial charge in [-0.15, -0.1) is 0 Å². The predicted molar refractivity (Wildman–Crippen MR) is 79.8 cm³/mol. The summed E-state index contributed by atoms with van der Waals surface area (Å²) in [6.07, 6.45) is 4.42. The lowest BCUT2D eigenvalue weighted by atomic mass is 10.1. The fraction of sp³-hybridized carbons (Fsp3) is 0.467. The summed E-state index contributed by atoms with van der Waals surface area (Å²) < 4.78 is 11.4. The van der Waals surface area contributed by atoms with Gasteiger partial charge in [-0.2, -0.15) is 0 Å². The van der Waals surface area contributed by atoms with Gasteiger partial charge >= 0.3 is 9.28 Å². The summed E-state index contributed by atoms with van der Waals surface area (Å²) in [5, 5.41) is 0.